The average molecular weight is 353 g/mol. The zero-order valence-corrected chi connectivity index (χ0v) is 14.9. The summed E-state index contributed by atoms with van der Waals surface area (Å²) in [6.45, 7) is 6.67. The third-order valence-corrected chi connectivity index (χ3v) is 5.00. The third kappa shape index (κ3) is 3.95. The van der Waals surface area contributed by atoms with E-state index < -0.39 is 12.1 Å². The second-order valence-electron chi connectivity index (χ2n) is 7.31. The van der Waals surface area contributed by atoms with Crippen LogP contribution in [0.1, 0.15) is 26.7 Å². The van der Waals surface area contributed by atoms with E-state index in [9.17, 15) is 14.4 Å². The second-order valence-corrected chi connectivity index (χ2v) is 7.31. The van der Waals surface area contributed by atoms with E-state index >= 15 is 0 Å². The van der Waals surface area contributed by atoms with Gasteiger partial charge in [-0.3, -0.25) is 9.59 Å². The fourth-order valence-corrected chi connectivity index (χ4v) is 3.74. The van der Waals surface area contributed by atoms with Crippen LogP contribution in [0.2, 0.25) is 0 Å². The Labute approximate surface area is 147 Å². The van der Waals surface area contributed by atoms with Crippen molar-refractivity contribution < 1.29 is 23.9 Å². The summed E-state index contributed by atoms with van der Waals surface area (Å²) in [4.78, 5) is 40.9. The number of carbonyl (C=O) groups excluding carboxylic acids is 3. The number of rotatable bonds is 4. The Morgan fingerprint density at radius 1 is 1.24 bits per heavy atom. The molecule has 0 spiro atoms. The maximum Gasteiger partial charge on any atom is 0.318 e. The van der Waals surface area contributed by atoms with Gasteiger partial charge in [0.25, 0.3) is 0 Å². The van der Waals surface area contributed by atoms with Gasteiger partial charge in [0.05, 0.1) is 19.3 Å². The summed E-state index contributed by atoms with van der Waals surface area (Å²) in [5.74, 6) is 0.0215. The van der Waals surface area contributed by atoms with Gasteiger partial charge in [0.2, 0.25) is 5.91 Å². The van der Waals surface area contributed by atoms with E-state index in [2.05, 4.69) is 5.32 Å². The summed E-state index contributed by atoms with van der Waals surface area (Å²) in [6, 6.07) is -1.35. The predicted octanol–water partition coefficient (Wildman–Crippen LogP) is 0.0117. The van der Waals surface area contributed by atoms with Crippen LogP contribution < -0.4 is 5.32 Å². The molecule has 3 saturated heterocycles. The largest absolute Gasteiger partial charge is 0.378 e. The zero-order valence-electron chi connectivity index (χ0n) is 14.9. The van der Waals surface area contributed by atoms with Crippen LogP contribution in [0.5, 0.6) is 0 Å². The van der Waals surface area contributed by atoms with E-state index in [4.69, 9.17) is 9.47 Å². The van der Waals surface area contributed by atoms with Gasteiger partial charge < -0.3 is 24.6 Å². The molecule has 3 heterocycles. The minimum atomic E-state index is -0.623. The molecular formula is C17H27N3O5. The first kappa shape index (κ1) is 18.1. The molecule has 0 aliphatic carbocycles. The number of morpholine rings is 1. The van der Waals surface area contributed by atoms with Gasteiger partial charge in [-0.25, -0.2) is 4.79 Å². The van der Waals surface area contributed by atoms with Crippen molar-refractivity contribution in [3.63, 3.8) is 0 Å². The second kappa shape index (κ2) is 7.70. The number of nitrogens with zero attached hydrogens (tertiary/aromatic N) is 2. The lowest BCUT2D eigenvalue weighted by Crippen LogP contribution is -2.56. The number of carbonyl (C=O) groups is 3. The van der Waals surface area contributed by atoms with Crippen LogP contribution in [-0.4, -0.2) is 85.2 Å². The minimum absolute atomic E-state index is 0.0429. The number of likely N-dealkylation sites (tertiary alicyclic amines) is 1. The quantitative estimate of drug-likeness (QED) is 0.769. The lowest BCUT2D eigenvalue weighted by atomic mass is 10.0. The summed E-state index contributed by atoms with van der Waals surface area (Å²) < 4.78 is 10.7. The Kier molecular flexibility index (Phi) is 5.58. The maximum absolute atomic E-state index is 13.0. The van der Waals surface area contributed by atoms with Crippen LogP contribution in [0, 0.1) is 5.92 Å². The van der Waals surface area contributed by atoms with E-state index in [-0.39, 0.29) is 36.4 Å². The number of ketones is 1. The highest BCUT2D eigenvalue weighted by Gasteiger charge is 2.48. The van der Waals surface area contributed by atoms with Crippen LogP contribution in [0.15, 0.2) is 0 Å². The highest BCUT2D eigenvalue weighted by Crippen LogP contribution is 2.28. The van der Waals surface area contributed by atoms with Crippen molar-refractivity contribution in [2.75, 3.05) is 39.5 Å². The number of fused-ring (bicyclic) bond motifs is 1. The number of urea groups is 1. The van der Waals surface area contributed by atoms with E-state index in [1.807, 2.05) is 13.8 Å². The Morgan fingerprint density at radius 3 is 2.64 bits per heavy atom. The summed E-state index contributed by atoms with van der Waals surface area (Å²) in [7, 11) is 0. The van der Waals surface area contributed by atoms with Crippen LogP contribution in [-0.2, 0) is 19.1 Å². The Hall–Kier alpha value is -1.67. The van der Waals surface area contributed by atoms with Crippen molar-refractivity contribution in [3.05, 3.63) is 0 Å². The molecule has 3 aliphatic rings. The zero-order chi connectivity index (χ0) is 18.0. The lowest BCUT2D eigenvalue weighted by Gasteiger charge is -2.32. The first-order valence-electron chi connectivity index (χ1n) is 9.05. The molecule has 0 bridgehead atoms. The van der Waals surface area contributed by atoms with Crippen LogP contribution in [0.3, 0.4) is 0 Å². The van der Waals surface area contributed by atoms with E-state index in [0.717, 1.165) is 0 Å². The van der Waals surface area contributed by atoms with Crippen LogP contribution in [0.25, 0.3) is 0 Å². The predicted molar refractivity (Wildman–Crippen MR) is 89.0 cm³/mol. The number of hydrogen-bond acceptors (Lipinski definition) is 5. The molecule has 3 fully saturated rings. The molecule has 3 rings (SSSR count). The van der Waals surface area contributed by atoms with Crippen molar-refractivity contribution in [2.45, 2.75) is 44.9 Å². The first-order chi connectivity index (χ1) is 12.0. The van der Waals surface area contributed by atoms with E-state index in [0.29, 0.717) is 45.7 Å². The molecule has 1 unspecified atom stereocenters. The highest BCUT2D eigenvalue weighted by atomic mass is 16.5. The maximum atomic E-state index is 13.0. The standard InChI is InChI=1S/C17H27N3O5/c1-11(2)9-12(18-17(23)19-5-7-24-8-6-19)16(22)20-4-3-14-15(20)13(21)10-25-14/h11-12,14-15H,3-10H2,1-2H3,(H,18,23)/t12?,14-,15-/m1/s1. The first-order valence-corrected chi connectivity index (χ1v) is 9.05. The number of ether oxygens (including phenoxy) is 2. The summed E-state index contributed by atoms with van der Waals surface area (Å²) in [5.41, 5.74) is 0. The molecule has 140 valence electrons. The van der Waals surface area contributed by atoms with E-state index in [1.54, 1.807) is 9.80 Å². The van der Waals surface area contributed by atoms with Gasteiger partial charge in [-0.2, -0.15) is 0 Å². The number of amides is 3. The van der Waals surface area contributed by atoms with Crippen molar-refractivity contribution in [1.82, 2.24) is 15.1 Å². The molecule has 0 saturated carbocycles. The van der Waals surface area contributed by atoms with Crippen molar-refractivity contribution in [1.29, 1.82) is 0 Å². The van der Waals surface area contributed by atoms with Crippen LogP contribution >= 0.6 is 0 Å². The molecule has 3 atom stereocenters. The molecule has 3 amide bonds. The Bertz CT molecular complexity index is 532. The molecule has 0 aromatic rings. The fraction of sp³-hybridized carbons (Fsp3) is 0.824. The number of hydrogen-bond donors (Lipinski definition) is 1. The van der Waals surface area contributed by atoms with Crippen LogP contribution in [0.4, 0.5) is 4.79 Å². The van der Waals surface area contributed by atoms with E-state index in [1.165, 1.54) is 0 Å². The highest BCUT2D eigenvalue weighted by molar-refractivity contribution is 5.95. The number of nitrogens with one attached hydrogen (secondary N) is 1. The molecule has 1 N–H and O–H groups in total. The van der Waals surface area contributed by atoms with Gasteiger partial charge in [-0.1, -0.05) is 13.8 Å². The molecule has 0 aromatic heterocycles. The summed E-state index contributed by atoms with van der Waals surface area (Å²) >= 11 is 0. The van der Waals surface area contributed by atoms with Crippen molar-refractivity contribution in [2.24, 2.45) is 5.92 Å². The third-order valence-electron chi connectivity index (χ3n) is 5.00. The minimum Gasteiger partial charge on any atom is -0.378 e. The average Bonchev–Trinajstić information content (AvgIpc) is 3.17. The van der Waals surface area contributed by atoms with Gasteiger partial charge in [0.1, 0.15) is 18.7 Å². The molecule has 3 aliphatic heterocycles. The fourth-order valence-electron chi connectivity index (χ4n) is 3.74. The van der Waals surface area contributed by atoms with Crippen molar-refractivity contribution >= 4 is 17.7 Å². The van der Waals surface area contributed by atoms with Gasteiger partial charge in [-0.15, -0.1) is 0 Å². The topological polar surface area (TPSA) is 88.2 Å². The SMILES string of the molecule is CC(C)CC(NC(=O)N1CCOCC1)C(=O)N1CC[C@H]2OCC(=O)[C@H]21. The molecule has 25 heavy (non-hydrogen) atoms. The lowest BCUT2D eigenvalue weighted by molar-refractivity contribution is -0.138. The summed E-state index contributed by atoms with van der Waals surface area (Å²) in [5, 5.41) is 2.88. The van der Waals surface area contributed by atoms with Gasteiger partial charge in [0.15, 0.2) is 5.78 Å². The Balaban J connectivity index is 1.68. The molecule has 8 heteroatoms. The summed E-state index contributed by atoms with van der Waals surface area (Å²) in [6.07, 6.45) is 1.03. The number of Topliss-reactive ketones (excluding diaryl/α,β-unsaturated/α-hetero) is 1. The van der Waals surface area contributed by atoms with Crippen molar-refractivity contribution in [3.8, 4) is 0 Å². The monoisotopic (exact) mass is 353 g/mol. The van der Waals surface area contributed by atoms with Gasteiger partial charge in [-0.05, 0) is 18.8 Å². The smallest absolute Gasteiger partial charge is 0.318 e. The van der Waals surface area contributed by atoms with Gasteiger partial charge in [0, 0.05) is 19.6 Å². The molecular weight excluding hydrogens is 326 g/mol. The molecule has 0 radical (unpaired) electrons. The molecule has 8 nitrogen and oxygen atoms in total. The Morgan fingerprint density at radius 2 is 1.96 bits per heavy atom. The molecule has 0 aromatic carbocycles. The normalized spacial score (nSPS) is 27.6. The van der Waals surface area contributed by atoms with Gasteiger partial charge >= 0.3 is 6.03 Å².